The van der Waals surface area contributed by atoms with Gasteiger partial charge in [0.25, 0.3) is 10.0 Å². The molecule has 4 aromatic carbocycles. The van der Waals surface area contributed by atoms with Gasteiger partial charge in [-0.2, -0.15) is 0 Å². The van der Waals surface area contributed by atoms with Crippen LogP contribution in [0.15, 0.2) is 114 Å². The van der Waals surface area contributed by atoms with E-state index < -0.39 is 34.1 Å². The zero-order chi connectivity index (χ0) is 32.6. The molecule has 0 aliphatic rings. The Morgan fingerprint density at radius 2 is 1.47 bits per heavy atom. The molecule has 0 radical (unpaired) electrons. The fraction of sp³-hybridized carbons (Fsp3) is 0.278. The van der Waals surface area contributed by atoms with Gasteiger partial charge in [0.2, 0.25) is 11.8 Å². The average Bonchev–Trinajstić information content (AvgIpc) is 3.02. The summed E-state index contributed by atoms with van der Waals surface area (Å²) in [7, 11) is -2.70. The molecular weight excluding hydrogens is 586 g/mol. The Morgan fingerprint density at radius 1 is 0.844 bits per heavy atom. The van der Waals surface area contributed by atoms with E-state index in [1.54, 1.807) is 42.5 Å². The maximum absolute atomic E-state index is 14.6. The number of hydrogen-bond acceptors (Lipinski definition) is 5. The van der Waals surface area contributed by atoms with E-state index in [1.165, 1.54) is 24.1 Å². The summed E-state index contributed by atoms with van der Waals surface area (Å²) in [5.74, 6) is -0.408. The maximum Gasteiger partial charge on any atom is 0.264 e. The van der Waals surface area contributed by atoms with Crippen molar-refractivity contribution in [2.45, 2.75) is 57.1 Å². The Labute approximate surface area is 266 Å². The highest BCUT2D eigenvalue weighted by atomic mass is 32.2. The predicted octanol–water partition coefficient (Wildman–Crippen LogP) is 5.75. The van der Waals surface area contributed by atoms with E-state index in [-0.39, 0.29) is 29.5 Å². The first-order valence-corrected chi connectivity index (χ1v) is 16.2. The lowest BCUT2D eigenvalue weighted by molar-refractivity contribution is -0.140. The second-order valence-electron chi connectivity index (χ2n) is 11.9. The first-order chi connectivity index (χ1) is 21.4. The molecule has 0 saturated heterocycles. The molecule has 0 saturated carbocycles. The molecule has 9 heteroatoms. The molecule has 0 aromatic heterocycles. The van der Waals surface area contributed by atoms with Gasteiger partial charge in [-0.3, -0.25) is 13.9 Å². The van der Waals surface area contributed by atoms with Crippen LogP contribution in [0, 0.1) is 6.92 Å². The Morgan fingerprint density at radius 3 is 2.09 bits per heavy atom. The summed E-state index contributed by atoms with van der Waals surface area (Å²) >= 11 is 0. The van der Waals surface area contributed by atoms with Crippen molar-refractivity contribution in [3.8, 4) is 5.75 Å². The number of carbonyl (C=O) groups excluding carboxylic acids is 2. The summed E-state index contributed by atoms with van der Waals surface area (Å²) in [6.45, 7) is 7.17. The quantitative estimate of drug-likeness (QED) is 0.216. The molecule has 0 fully saturated rings. The lowest BCUT2D eigenvalue weighted by Gasteiger charge is -2.35. The zero-order valence-electron chi connectivity index (χ0n) is 26.4. The van der Waals surface area contributed by atoms with Gasteiger partial charge in [0.15, 0.2) is 0 Å². The van der Waals surface area contributed by atoms with Crippen LogP contribution in [0.5, 0.6) is 5.75 Å². The molecule has 2 amide bonds. The van der Waals surface area contributed by atoms with Gasteiger partial charge in [0.05, 0.1) is 17.7 Å². The second kappa shape index (κ2) is 14.4. The van der Waals surface area contributed by atoms with Gasteiger partial charge in [-0.25, -0.2) is 8.42 Å². The molecule has 0 aliphatic heterocycles. The van der Waals surface area contributed by atoms with E-state index in [1.807, 2.05) is 82.3 Å². The van der Waals surface area contributed by atoms with Crippen LogP contribution in [0.25, 0.3) is 0 Å². The van der Waals surface area contributed by atoms with Crippen molar-refractivity contribution >= 4 is 27.5 Å². The van der Waals surface area contributed by atoms with Crippen molar-refractivity contribution in [3.05, 3.63) is 126 Å². The lowest BCUT2D eigenvalue weighted by atomic mass is 10.00. The normalized spacial score (nSPS) is 12.2. The molecule has 236 valence electrons. The highest BCUT2D eigenvalue weighted by Gasteiger charge is 2.35. The molecule has 45 heavy (non-hydrogen) atoms. The number of ether oxygens (including phenoxy) is 1. The molecule has 0 aliphatic carbocycles. The molecule has 1 N–H and O–H groups in total. The third kappa shape index (κ3) is 8.73. The number of benzene rings is 4. The molecule has 0 bridgehead atoms. The number of nitrogens with one attached hydrogen (secondary N) is 1. The SMILES string of the molecule is COc1cccc(N(CC(=O)N(Cc2ccccc2C)C(Cc2ccccc2)C(=O)NC(C)(C)C)S(=O)(=O)c2ccccc2)c1. The van der Waals surface area contributed by atoms with Crippen LogP contribution in [-0.4, -0.2) is 50.4 Å². The number of hydrogen-bond donors (Lipinski definition) is 1. The molecule has 1 unspecified atom stereocenters. The monoisotopic (exact) mass is 627 g/mol. The van der Waals surface area contributed by atoms with Gasteiger partial charge in [0.1, 0.15) is 18.3 Å². The highest BCUT2D eigenvalue weighted by Crippen LogP contribution is 2.28. The molecule has 1 atom stereocenters. The lowest BCUT2D eigenvalue weighted by Crippen LogP contribution is -2.56. The number of aryl methyl sites for hydroxylation is 1. The van der Waals surface area contributed by atoms with Crippen LogP contribution >= 0.6 is 0 Å². The van der Waals surface area contributed by atoms with Crippen molar-refractivity contribution in [2.24, 2.45) is 0 Å². The summed E-state index contributed by atoms with van der Waals surface area (Å²) in [5.41, 5.74) is 2.38. The van der Waals surface area contributed by atoms with E-state index in [0.29, 0.717) is 5.75 Å². The van der Waals surface area contributed by atoms with Crippen molar-refractivity contribution in [3.63, 3.8) is 0 Å². The third-order valence-corrected chi connectivity index (χ3v) is 9.11. The summed E-state index contributed by atoms with van der Waals surface area (Å²) in [4.78, 5) is 30.1. The van der Waals surface area contributed by atoms with E-state index in [9.17, 15) is 18.0 Å². The highest BCUT2D eigenvalue weighted by molar-refractivity contribution is 7.92. The number of sulfonamides is 1. The van der Waals surface area contributed by atoms with E-state index in [2.05, 4.69) is 5.32 Å². The van der Waals surface area contributed by atoms with Gasteiger partial charge in [-0.1, -0.05) is 78.9 Å². The minimum atomic E-state index is -4.19. The van der Waals surface area contributed by atoms with Crippen LogP contribution in [0.2, 0.25) is 0 Å². The van der Waals surface area contributed by atoms with Gasteiger partial charge >= 0.3 is 0 Å². The predicted molar refractivity (Wildman–Crippen MR) is 178 cm³/mol. The number of carbonyl (C=O) groups is 2. The number of anilines is 1. The Balaban J connectivity index is 1.83. The van der Waals surface area contributed by atoms with Crippen LogP contribution in [0.4, 0.5) is 5.69 Å². The standard InChI is InChI=1S/C36H41N3O5S/c1-27-15-12-13-18-29(27)25-38(33(35(41)37-36(2,3)4)23-28-16-8-6-9-17-28)34(40)26-39(30-19-14-20-31(24-30)44-5)45(42,43)32-21-10-7-11-22-32/h6-22,24,33H,23,25-26H2,1-5H3,(H,37,41). The number of amides is 2. The van der Waals surface area contributed by atoms with Crippen molar-refractivity contribution in [2.75, 3.05) is 18.0 Å². The second-order valence-corrected chi connectivity index (χ2v) is 13.8. The van der Waals surface area contributed by atoms with Crippen LogP contribution in [0.1, 0.15) is 37.5 Å². The summed E-state index contributed by atoms with van der Waals surface area (Å²) < 4.78 is 34.7. The van der Waals surface area contributed by atoms with Crippen LogP contribution in [-0.2, 0) is 32.6 Å². The Hall–Kier alpha value is -4.63. The minimum Gasteiger partial charge on any atom is -0.497 e. The molecule has 0 spiro atoms. The molecular formula is C36H41N3O5S. The molecule has 8 nitrogen and oxygen atoms in total. The average molecular weight is 628 g/mol. The van der Waals surface area contributed by atoms with E-state index in [0.717, 1.165) is 21.0 Å². The van der Waals surface area contributed by atoms with Gasteiger partial charge in [-0.05, 0) is 68.7 Å². The van der Waals surface area contributed by atoms with Gasteiger partial charge in [-0.15, -0.1) is 0 Å². The van der Waals surface area contributed by atoms with E-state index >= 15 is 0 Å². The maximum atomic E-state index is 14.6. The molecule has 4 aromatic rings. The first-order valence-electron chi connectivity index (χ1n) is 14.8. The number of rotatable bonds is 12. The third-order valence-electron chi connectivity index (χ3n) is 7.32. The fourth-order valence-electron chi connectivity index (χ4n) is 4.99. The number of methoxy groups -OCH3 is 1. The van der Waals surface area contributed by atoms with Gasteiger partial charge in [0, 0.05) is 24.6 Å². The summed E-state index contributed by atoms with van der Waals surface area (Å²) in [6, 6.07) is 30.8. The van der Waals surface area contributed by atoms with Gasteiger partial charge < -0.3 is 15.0 Å². The largest absolute Gasteiger partial charge is 0.497 e. The minimum absolute atomic E-state index is 0.0392. The fourth-order valence-corrected chi connectivity index (χ4v) is 6.42. The van der Waals surface area contributed by atoms with E-state index in [4.69, 9.17) is 4.74 Å². The Kier molecular flexibility index (Phi) is 10.7. The topological polar surface area (TPSA) is 96.0 Å². The number of nitrogens with zero attached hydrogens (tertiary/aromatic N) is 2. The molecule has 0 heterocycles. The summed E-state index contributed by atoms with van der Waals surface area (Å²) in [6.07, 6.45) is 0.241. The van der Waals surface area contributed by atoms with Crippen LogP contribution in [0.3, 0.4) is 0 Å². The summed E-state index contributed by atoms with van der Waals surface area (Å²) in [5, 5.41) is 3.05. The van der Waals surface area contributed by atoms with Crippen LogP contribution < -0.4 is 14.4 Å². The van der Waals surface area contributed by atoms with Crippen molar-refractivity contribution in [1.82, 2.24) is 10.2 Å². The smallest absolute Gasteiger partial charge is 0.264 e. The molecule has 4 rings (SSSR count). The zero-order valence-corrected chi connectivity index (χ0v) is 27.3. The first kappa shape index (κ1) is 33.3. The van der Waals surface area contributed by atoms with Crippen molar-refractivity contribution < 1.29 is 22.7 Å². The Bertz CT molecular complexity index is 1700. The van der Waals surface area contributed by atoms with Crippen molar-refractivity contribution in [1.29, 1.82) is 0 Å².